The predicted molar refractivity (Wildman–Crippen MR) is 64.1 cm³/mol. The lowest BCUT2D eigenvalue weighted by Gasteiger charge is -2.27. The van der Waals surface area contributed by atoms with E-state index in [1.807, 2.05) is 0 Å². The maximum absolute atomic E-state index is 11.9. The van der Waals surface area contributed by atoms with Crippen molar-refractivity contribution in [3.63, 3.8) is 0 Å². The maximum atomic E-state index is 11.9. The van der Waals surface area contributed by atoms with Crippen molar-refractivity contribution in [2.75, 3.05) is 13.2 Å². The molecule has 1 amide bonds. The molecule has 4 heteroatoms. The van der Waals surface area contributed by atoms with Gasteiger partial charge in [-0.2, -0.15) is 0 Å². The first-order chi connectivity index (χ1) is 7.65. The quantitative estimate of drug-likeness (QED) is 0.647. The summed E-state index contributed by atoms with van der Waals surface area (Å²) in [4.78, 5) is 11.9. The average Bonchev–Trinajstić information content (AvgIpc) is 2.29. The van der Waals surface area contributed by atoms with Crippen molar-refractivity contribution in [3.8, 4) is 0 Å². The first-order valence-corrected chi connectivity index (χ1v) is 6.29. The van der Waals surface area contributed by atoms with Crippen LogP contribution in [-0.2, 0) is 4.79 Å². The van der Waals surface area contributed by atoms with Gasteiger partial charge in [0, 0.05) is 12.6 Å². The van der Waals surface area contributed by atoms with Crippen LogP contribution in [0.1, 0.15) is 39.5 Å². The molecule has 1 saturated heterocycles. The summed E-state index contributed by atoms with van der Waals surface area (Å²) in [5, 5.41) is 15.2. The predicted octanol–water partition coefficient (Wildman–Crippen LogP) is 0.652. The number of hydrogen-bond acceptors (Lipinski definition) is 3. The van der Waals surface area contributed by atoms with E-state index in [1.165, 1.54) is 0 Å². The van der Waals surface area contributed by atoms with Crippen molar-refractivity contribution in [3.05, 3.63) is 0 Å². The van der Waals surface area contributed by atoms with Crippen LogP contribution in [0.25, 0.3) is 0 Å². The zero-order chi connectivity index (χ0) is 12.0. The Morgan fingerprint density at radius 1 is 1.50 bits per heavy atom. The first-order valence-electron chi connectivity index (χ1n) is 6.29. The van der Waals surface area contributed by atoms with Crippen LogP contribution in [0, 0.1) is 5.92 Å². The van der Waals surface area contributed by atoms with Crippen LogP contribution in [0.3, 0.4) is 0 Å². The smallest absolute Gasteiger partial charge is 0.237 e. The highest BCUT2D eigenvalue weighted by Crippen LogP contribution is 2.10. The normalized spacial score (nSPS) is 23.1. The second kappa shape index (κ2) is 6.86. The summed E-state index contributed by atoms with van der Waals surface area (Å²) in [5.74, 6) is 0.451. The van der Waals surface area contributed by atoms with Gasteiger partial charge in [0.15, 0.2) is 0 Å². The third-order valence-corrected chi connectivity index (χ3v) is 3.20. The van der Waals surface area contributed by atoms with Gasteiger partial charge in [-0.25, -0.2) is 0 Å². The fraction of sp³-hybridized carbons (Fsp3) is 0.917. The Labute approximate surface area is 97.8 Å². The zero-order valence-corrected chi connectivity index (χ0v) is 10.3. The number of amides is 1. The molecule has 1 rings (SSSR count). The zero-order valence-electron chi connectivity index (χ0n) is 10.3. The Bertz CT molecular complexity index is 213. The number of rotatable bonds is 5. The molecule has 94 valence electrons. The second-order valence-electron chi connectivity index (χ2n) is 4.87. The standard InChI is InChI=1S/C12H24N2O2/c1-9(2)10(6-8-15)14-12(16)11-5-3-4-7-13-11/h9-11,13,15H,3-8H2,1-2H3,(H,14,16)/t10?,11-/m1/s1. The van der Waals surface area contributed by atoms with E-state index in [-0.39, 0.29) is 24.6 Å². The van der Waals surface area contributed by atoms with Gasteiger partial charge in [-0.1, -0.05) is 20.3 Å². The van der Waals surface area contributed by atoms with Crippen molar-refractivity contribution in [2.45, 2.75) is 51.6 Å². The van der Waals surface area contributed by atoms with Crippen LogP contribution in [0.4, 0.5) is 0 Å². The molecule has 3 N–H and O–H groups in total. The lowest BCUT2D eigenvalue weighted by atomic mass is 9.99. The number of piperidine rings is 1. The van der Waals surface area contributed by atoms with Crippen molar-refractivity contribution in [1.29, 1.82) is 0 Å². The van der Waals surface area contributed by atoms with Crippen molar-refractivity contribution < 1.29 is 9.90 Å². The molecule has 0 aromatic heterocycles. The van der Waals surface area contributed by atoms with E-state index in [4.69, 9.17) is 5.11 Å². The molecule has 2 atom stereocenters. The number of hydrogen-bond donors (Lipinski definition) is 3. The molecular formula is C12H24N2O2. The van der Waals surface area contributed by atoms with Crippen LogP contribution in [0.15, 0.2) is 0 Å². The fourth-order valence-corrected chi connectivity index (χ4v) is 2.07. The molecule has 1 aliphatic heterocycles. The van der Waals surface area contributed by atoms with Gasteiger partial charge >= 0.3 is 0 Å². The first kappa shape index (κ1) is 13.5. The van der Waals surface area contributed by atoms with Gasteiger partial charge in [-0.3, -0.25) is 4.79 Å². The summed E-state index contributed by atoms with van der Waals surface area (Å²) >= 11 is 0. The minimum Gasteiger partial charge on any atom is -0.396 e. The molecule has 16 heavy (non-hydrogen) atoms. The van der Waals surface area contributed by atoms with Crippen LogP contribution in [0.2, 0.25) is 0 Å². The van der Waals surface area contributed by atoms with E-state index in [9.17, 15) is 4.79 Å². The second-order valence-corrected chi connectivity index (χ2v) is 4.87. The Kier molecular flexibility index (Phi) is 5.77. The topological polar surface area (TPSA) is 61.4 Å². The lowest BCUT2D eigenvalue weighted by Crippen LogP contribution is -2.51. The molecule has 4 nitrogen and oxygen atoms in total. The molecule has 0 radical (unpaired) electrons. The number of nitrogens with one attached hydrogen (secondary N) is 2. The molecule has 1 heterocycles. The molecule has 0 aliphatic carbocycles. The van der Waals surface area contributed by atoms with E-state index in [0.717, 1.165) is 25.8 Å². The molecule has 1 fully saturated rings. The lowest BCUT2D eigenvalue weighted by molar-refractivity contribution is -0.124. The van der Waals surface area contributed by atoms with Gasteiger partial charge < -0.3 is 15.7 Å². The molecule has 1 aliphatic rings. The molecule has 0 bridgehead atoms. The van der Waals surface area contributed by atoms with E-state index in [0.29, 0.717) is 12.3 Å². The van der Waals surface area contributed by atoms with Crippen LogP contribution in [-0.4, -0.2) is 36.2 Å². The number of carbonyl (C=O) groups is 1. The highest BCUT2D eigenvalue weighted by atomic mass is 16.3. The summed E-state index contributed by atoms with van der Waals surface area (Å²) < 4.78 is 0. The summed E-state index contributed by atoms with van der Waals surface area (Å²) in [6.45, 7) is 5.19. The monoisotopic (exact) mass is 228 g/mol. The molecule has 0 aromatic rings. The van der Waals surface area contributed by atoms with Gasteiger partial charge in [0.2, 0.25) is 5.91 Å². The van der Waals surface area contributed by atoms with Gasteiger partial charge in [0.05, 0.1) is 6.04 Å². The van der Waals surface area contributed by atoms with E-state index < -0.39 is 0 Å². The largest absolute Gasteiger partial charge is 0.396 e. The SMILES string of the molecule is CC(C)C(CCO)NC(=O)[C@H]1CCCCN1. The van der Waals surface area contributed by atoms with Crippen molar-refractivity contribution in [1.82, 2.24) is 10.6 Å². The Morgan fingerprint density at radius 3 is 2.75 bits per heavy atom. The van der Waals surface area contributed by atoms with Crippen LogP contribution in [0.5, 0.6) is 0 Å². The summed E-state index contributed by atoms with van der Waals surface area (Å²) in [5.41, 5.74) is 0. The third-order valence-electron chi connectivity index (χ3n) is 3.20. The fourth-order valence-electron chi connectivity index (χ4n) is 2.07. The third kappa shape index (κ3) is 4.10. The van der Waals surface area contributed by atoms with Crippen molar-refractivity contribution in [2.24, 2.45) is 5.92 Å². The van der Waals surface area contributed by atoms with E-state index in [2.05, 4.69) is 24.5 Å². The highest BCUT2D eigenvalue weighted by molar-refractivity contribution is 5.82. The Morgan fingerprint density at radius 2 is 2.25 bits per heavy atom. The van der Waals surface area contributed by atoms with Crippen LogP contribution >= 0.6 is 0 Å². The molecule has 0 saturated carbocycles. The van der Waals surface area contributed by atoms with Gasteiger partial charge in [-0.15, -0.1) is 0 Å². The van der Waals surface area contributed by atoms with E-state index >= 15 is 0 Å². The minimum absolute atomic E-state index is 0.0336. The van der Waals surface area contributed by atoms with Gasteiger partial charge in [0.1, 0.15) is 0 Å². The summed E-state index contributed by atoms with van der Waals surface area (Å²) in [7, 11) is 0. The van der Waals surface area contributed by atoms with Gasteiger partial charge in [0.25, 0.3) is 0 Å². The summed E-state index contributed by atoms with van der Waals surface area (Å²) in [6.07, 6.45) is 3.84. The minimum atomic E-state index is -0.0336. The van der Waals surface area contributed by atoms with E-state index in [1.54, 1.807) is 0 Å². The van der Waals surface area contributed by atoms with Crippen molar-refractivity contribution >= 4 is 5.91 Å². The number of aliphatic hydroxyl groups excluding tert-OH is 1. The molecule has 0 aromatic carbocycles. The highest BCUT2D eigenvalue weighted by Gasteiger charge is 2.23. The average molecular weight is 228 g/mol. The molecule has 0 spiro atoms. The van der Waals surface area contributed by atoms with Crippen LogP contribution < -0.4 is 10.6 Å². The Hall–Kier alpha value is -0.610. The number of aliphatic hydroxyl groups is 1. The molecular weight excluding hydrogens is 204 g/mol. The summed E-state index contributed by atoms with van der Waals surface area (Å²) in [6, 6.07) is 0.0509. The number of carbonyl (C=O) groups excluding carboxylic acids is 1. The maximum Gasteiger partial charge on any atom is 0.237 e. The molecule has 1 unspecified atom stereocenters. The van der Waals surface area contributed by atoms with Gasteiger partial charge in [-0.05, 0) is 31.7 Å². The Balaban J connectivity index is 2.40.